The van der Waals surface area contributed by atoms with Gasteiger partial charge in [0.05, 0.1) is 12.4 Å². The van der Waals surface area contributed by atoms with E-state index in [0.717, 1.165) is 19.4 Å². The second kappa shape index (κ2) is 3.16. The van der Waals surface area contributed by atoms with E-state index >= 15 is 0 Å². The van der Waals surface area contributed by atoms with Gasteiger partial charge in [-0.1, -0.05) is 5.16 Å². The summed E-state index contributed by atoms with van der Waals surface area (Å²) in [5.41, 5.74) is 0. The minimum atomic E-state index is 0.584. The number of aryl methyl sites for hydroxylation is 1. The van der Waals surface area contributed by atoms with Crippen LogP contribution in [0.1, 0.15) is 24.6 Å². The average molecular weight is 180 g/mol. The minimum Gasteiger partial charge on any atom is -0.353 e. The number of nitrogens with zero attached hydrogens (tertiary/aromatic N) is 3. The van der Waals surface area contributed by atoms with E-state index in [0.29, 0.717) is 24.1 Å². The SMILES string of the molecule is Cc1nc(CN2CCCC2=N)no1. The average Bonchev–Trinajstić information content (AvgIpc) is 2.64. The van der Waals surface area contributed by atoms with E-state index in [9.17, 15) is 0 Å². The zero-order valence-corrected chi connectivity index (χ0v) is 7.58. The van der Waals surface area contributed by atoms with E-state index in [-0.39, 0.29) is 0 Å². The molecule has 0 radical (unpaired) electrons. The number of rotatable bonds is 2. The van der Waals surface area contributed by atoms with Crippen molar-refractivity contribution in [3.05, 3.63) is 11.7 Å². The molecule has 2 heterocycles. The van der Waals surface area contributed by atoms with Gasteiger partial charge in [-0.25, -0.2) is 0 Å². The van der Waals surface area contributed by atoms with Crippen LogP contribution in [0.3, 0.4) is 0 Å². The summed E-state index contributed by atoms with van der Waals surface area (Å²) in [5, 5.41) is 11.4. The van der Waals surface area contributed by atoms with Crippen LogP contribution in [0.2, 0.25) is 0 Å². The first kappa shape index (κ1) is 8.22. The molecule has 1 saturated heterocycles. The first-order chi connectivity index (χ1) is 6.25. The number of likely N-dealkylation sites (tertiary alicyclic amines) is 1. The number of nitrogens with one attached hydrogen (secondary N) is 1. The van der Waals surface area contributed by atoms with Gasteiger partial charge in [-0.05, 0) is 6.42 Å². The Bertz CT molecular complexity index is 320. The molecule has 1 N–H and O–H groups in total. The maximum atomic E-state index is 7.60. The normalized spacial score (nSPS) is 17.0. The highest BCUT2D eigenvalue weighted by Gasteiger charge is 2.18. The Kier molecular flexibility index (Phi) is 2.00. The summed E-state index contributed by atoms with van der Waals surface area (Å²) < 4.78 is 4.85. The van der Waals surface area contributed by atoms with Crippen molar-refractivity contribution < 1.29 is 4.52 Å². The predicted octanol–water partition coefficient (Wildman–Crippen LogP) is 0.951. The molecule has 70 valence electrons. The van der Waals surface area contributed by atoms with Crippen LogP contribution in [0.15, 0.2) is 4.52 Å². The molecule has 1 aromatic rings. The summed E-state index contributed by atoms with van der Waals surface area (Å²) >= 11 is 0. The molecule has 5 heteroatoms. The summed E-state index contributed by atoms with van der Waals surface area (Å²) in [6.07, 6.45) is 1.94. The van der Waals surface area contributed by atoms with Crippen molar-refractivity contribution in [1.82, 2.24) is 15.0 Å². The predicted molar refractivity (Wildman–Crippen MR) is 46.4 cm³/mol. The Morgan fingerprint density at radius 3 is 3.00 bits per heavy atom. The quantitative estimate of drug-likeness (QED) is 0.735. The van der Waals surface area contributed by atoms with E-state index in [1.807, 2.05) is 4.90 Å². The molecule has 2 rings (SSSR count). The number of hydrogen-bond acceptors (Lipinski definition) is 4. The number of amidine groups is 1. The Morgan fingerprint density at radius 1 is 1.62 bits per heavy atom. The van der Waals surface area contributed by atoms with Crippen LogP contribution in [-0.4, -0.2) is 27.4 Å². The van der Waals surface area contributed by atoms with Crippen LogP contribution in [0.5, 0.6) is 0 Å². The summed E-state index contributed by atoms with van der Waals surface area (Å²) in [6, 6.07) is 0. The highest BCUT2D eigenvalue weighted by Crippen LogP contribution is 2.12. The van der Waals surface area contributed by atoms with Crippen molar-refractivity contribution in [2.45, 2.75) is 26.3 Å². The Labute approximate surface area is 76.2 Å². The molecule has 5 nitrogen and oxygen atoms in total. The Morgan fingerprint density at radius 2 is 2.46 bits per heavy atom. The second-order valence-corrected chi connectivity index (χ2v) is 3.20. The first-order valence-corrected chi connectivity index (χ1v) is 4.37. The lowest BCUT2D eigenvalue weighted by Crippen LogP contribution is -2.23. The summed E-state index contributed by atoms with van der Waals surface area (Å²) in [4.78, 5) is 6.07. The Hall–Kier alpha value is -1.39. The third kappa shape index (κ3) is 1.68. The van der Waals surface area contributed by atoms with Crippen molar-refractivity contribution in [1.29, 1.82) is 5.41 Å². The molecule has 1 fully saturated rings. The lowest BCUT2D eigenvalue weighted by Gasteiger charge is -2.14. The lowest BCUT2D eigenvalue weighted by molar-refractivity contribution is 0.370. The first-order valence-electron chi connectivity index (χ1n) is 4.37. The maximum absolute atomic E-state index is 7.60. The third-order valence-electron chi connectivity index (χ3n) is 2.13. The van der Waals surface area contributed by atoms with E-state index in [2.05, 4.69) is 10.1 Å². The van der Waals surface area contributed by atoms with Crippen LogP contribution in [-0.2, 0) is 6.54 Å². The number of aromatic nitrogens is 2. The van der Waals surface area contributed by atoms with Crippen molar-refractivity contribution in [3.63, 3.8) is 0 Å². The molecule has 1 aliphatic rings. The van der Waals surface area contributed by atoms with Crippen LogP contribution in [0.4, 0.5) is 0 Å². The summed E-state index contributed by atoms with van der Waals surface area (Å²) in [7, 11) is 0. The van der Waals surface area contributed by atoms with Crippen molar-refractivity contribution in [3.8, 4) is 0 Å². The third-order valence-corrected chi connectivity index (χ3v) is 2.13. The fourth-order valence-electron chi connectivity index (χ4n) is 1.48. The fourth-order valence-corrected chi connectivity index (χ4v) is 1.48. The molecule has 0 bridgehead atoms. The van der Waals surface area contributed by atoms with Crippen molar-refractivity contribution in [2.75, 3.05) is 6.54 Å². The zero-order valence-electron chi connectivity index (χ0n) is 7.58. The standard InChI is InChI=1S/C8H12N4O/c1-6-10-8(11-13-6)5-12-4-2-3-7(12)9/h9H,2-5H2,1H3. The fraction of sp³-hybridized carbons (Fsp3) is 0.625. The van der Waals surface area contributed by atoms with Gasteiger partial charge in [0.2, 0.25) is 5.89 Å². The lowest BCUT2D eigenvalue weighted by atomic mass is 10.4. The summed E-state index contributed by atoms with van der Waals surface area (Å²) in [6.45, 7) is 3.31. The molecule has 0 unspecified atom stereocenters. The molecule has 0 saturated carbocycles. The largest absolute Gasteiger partial charge is 0.353 e. The van der Waals surface area contributed by atoms with Gasteiger partial charge in [0.15, 0.2) is 5.82 Å². The van der Waals surface area contributed by atoms with Gasteiger partial charge in [0.25, 0.3) is 0 Å². The highest BCUT2D eigenvalue weighted by atomic mass is 16.5. The van der Waals surface area contributed by atoms with Gasteiger partial charge in [0.1, 0.15) is 0 Å². The molecule has 0 aliphatic carbocycles. The van der Waals surface area contributed by atoms with Gasteiger partial charge in [0, 0.05) is 19.9 Å². The zero-order chi connectivity index (χ0) is 9.26. The molecule has 13 heavy (non-hydrogen) atoms. The Balaban J connectivity index is 2.01. The van der Waals surface area contributed by atoms with Crippen molar-refractivity contribution >= 4 is 5.84 Å². The van der Waals surface area contributed by atoms with Crippen LogP contribution in [0.25, 0.3) is 0 Å². The van der Waals surface area contributed by atoms with E-state index in [1.54, 1.807) is 6.92 Å². The van der Waals surface area contributed by atoms with Gasteiger partial charge >= 0.3 is 0 Å². The van der Waals surface area contributed by atoms with Gasteiger partial charge in [-0.3, -0.25) is 5.41 Å². The smallest absolute Gasteiger partial charge is 0.223 e. The molecule has 0 aromatic carbocycles. The molecule has 0 spiro atoms. The highest BCUT2D eigenvalue weighted by molar-refractivity contribution is 5.80. The molecular formula is C8H12N4O. The van der Waals surface area contributed by atoms with Crippen molar-refractivity contribution in [2.24, 2.45) is 0 Å². The molecular weight excluding hydrogens is 168 g/mol. The monoisotopic (exact) mass is 180 g/mol. The van der Waals surface area contributed by atoms with Gasteiger partial charge in [-0.2, -0.15) is 4.98 Å². The van der Waals surface area contributed by atoms with E-state index in [4.69, 9.17) is 9.93 Å². The second-order valence-electron chi connectivity index (χ2n) is 3.20. The maximum Gasteiger partial charge on any atom is 0.223 e. The number of hydrogen-bond donors (Lipinski definition) is 1. The van der Waals surface area contributed by atoms with E-state index < -0.39 is 0 Å². The van der Waals surface area contributed by atoms with Crippen LogP contribution < -0.4 is 0 Å². The molecule has 1 aliphatic heterocycles. The topological polar surface area (TPSA) is 66.0 Å². The molecule has 0 atom stereocenters. The van der Waals surface area contributed by atoms with Gasteiger partial charge < -0.3 is 9.42 Å². The van der Waals surface area contributed by atoms with Crippen LogP contribution in [0, 0.1) is 12.3 Å². The molecule has 1 aromatic heterocycles. The van der Waals surface area contributed by atoms with Gasteiger partial charge in [-0.15, -0.1) is 0 Å². The minimum absolute atomic E-state index is 0.584. The van der Waals surface area contributed by atoms with Crippen LogP contribution >= 0.6 is 0 Å². The molecule has 0 amide bonds. The van der Waals surface area contributed by atoms with E-state index in [1.165, 1.54) is 0 Å². The summed E-state index contributed by atoms with van der Waals surface area (Å²) in [5.74, 6) is 1.94.